The molecule has 0 radical (unpaired) electrons. The molecule has 0 aromatic carbocycles. The maximum Gasteiger partial charge on any atom is 0.302 e. The summed E-state index contributed by atoms with van der Waals surface area (Å²) in [6, 6.07) is 0. The van der Waals surface area contributed by atoms with Crippen LogP contribution in [0.25, 0.3) is 0 Å². The zero-order valence-electron chi connectivity index (χ0n) is 8.11. The molecule has 0 spiro atoms. The number of carbonyl (C=O) groups is 1. The van der Waals surface area contributed by atoms with Gasteiger partial charge in [0.25, 0.3) is 0 Å². The fourth-order valence-electron chi connectivity index (χ4n) is 1.27. The molecule has 0 aliphatic carbocycles. The van der Waals surface area contributed by atoms with E-state index in [1.165, 1.54) is 6.92 Å². The molecular weight excluding hydrogens is 224 g/mol. The van der Waals surface area contributed by atoms with Gasteiger partial charge >= 0.3 is 5.97 Å². The van der Waals surface area contributed by atoms with Crippen molar-refractivity contribution in [3.63, 3.8) is 0 Å². The van der Waals surface area contributed by atoms with E-state index in [1.54, 1.807) is 0 Å². The number of hydrogen-bond acceptors (Lipinski definition) is 7. The van der Waals surface area contributed by atoms with Crippen LogP contribution in [0.15, 0.2) is 0 Å². The molecule has 1 aliphatic rings. The molecule has 0 bridgehead atoms. The molecule has 1 aliphatic heterocycles. The fraction of sp³-hybridized carbons (Fsp3) is 0.875. The van der Waals surface area contributed by atoms with E-state index in [0.717, 1.165) is 0 Å². The number of hydrogen-bond donors (Lipinski definition) is 4. The highest BCUT2D eigenvalue weighted by Gasteiger charge is 2.42. The van der Waals surface area contributed by atoms with E-state index < -0.39 is 35.8 Å². The van der Waals surface area contributed by atoms with Gasteiger partial charge in [-0.25, -0.2) is 0 Å². The molecule has 15 heavy (non-hydrogen) atoms. The Morgan fingerprint density at radius 2 is 1.93 bits per heavy atom. The van der Waals surface area contributed by atoms with Crippen molar-refractivity contribution < 1.29 is 29.6 Å². The molecule has 1 rings (SSSR count). The van der Waals surface area contributed by atoms with E-state index in [9.17, 15) is 20.1 Å². The van der Waals surface area contributed by atoms with Crippen LogP contribution in [0.1, 0.15) is 6.92 Å². The van der Waals surface area contributed by atoms with Gasteiger partial charge in [0.05, 0.1) is 0 Å². The van der Waals surface area contributed by atoms with Crippen molar-refractivity contribution in [2.24, 2.45) is 0 Å². The first-order valence-corrected chi connectivity index (χ1v) is 4.96. The van der Waals surface area contributed by atoms with Crippen molar-refractivity contribution >= 4 is 18.6 Å². The van der Waals surface area contributed by atoms with Crippen molar-refractivity contribution in [3.05, 3.63) is 0 Å². The Hall–Kier alpha value is -0.340. The fourth-order valence-corrected chi connectivity index (χ4v) is 1.60. The van der Waals surface area contributed by atoms with Gasteiger partial charge in [-0.1, -0.05) is 0 Å². The third-order valence-corrected chi connectivity index (χ3v) is 2.57. The average molecular weight is 238 g/mol. The molecule has 0 saturated carbocycles. The van der Waals surface area contributed by atoms with Crippen LogP contribution in [0.2, 0.25) is 0 Å². The summed E-state index contributed by atoms with van der Waals surface area (Å²) < 4.78 is 9.69. The van der Waals surface area contributed by atoms with Crippen molar-refractivity contribution in [2.45, 2.75) is 36.8 Å². The van der Waals surface area contributed by atoms with Crippen LogP contribution >= 0.6 is 12.6 Å². The normalized spacial score (nSPS) is 41.3. The van der Waals surface area contributed by atoms with Crippen LogP contribution in [0.5, 0.6) is 0 Å². The lowest BCUT2D eigenvalue weighted by Gasteiger charge is -2.38. The smallest absolute Gasteiger partial charge is 0.302 e. The summed E-state index contributed by atoms with van der Waals surface area (Å²) in [4.78, 5) is 10.5. The molecule has 1 heterocycles. The summed E-state index contributed by atoms with van der Waals surface area (Å²) in [6.07, 6.45) is -4.81. The van der Waals surface area contributed by atoms with Gasteiger partial charge in [-0.05, 0) is 0 Å². The Kier molecular flexibility index (Phi) is 4.35. The highest BCUT2D eigenvalue weighted by Crippen LogP contribution is 2.23. The summed E-state index contributed by atoms with van der Waals surface area (Å²) in [6.45, 7) is 1.04. The maximum atomic E-state index is 10.5. The van der Waals surface area contributed by atoms with Crippen LogP contribution in [-0.4, -0.2) is 57.7 Å². The van der Waals surface area contributed by atoms with E-state index in [4.69, 9.17) is 4.74 Å². The van der Waals surface area contributed by atoms with Crippen molar-refractivity contribution in [1.29, 1.82) is 0 Å². The number of aliphatic hydroxyl groups is 3. The quantitative estimate of drug-likeness (QED) is 0.338. The number of rotatable bonds is 2. The first-order valence-electron chi connectivity index (χ1n) is 4.44. The third-order valence-electron chi connectivity index (χ3n) is 2.14. The molecule has 5 atom stereocenters. The van der Waals surface area contributed by atoms with E-state index in [1.807, 2.05) is 0 Å². The average Bonchev–Trinajstić information content (AvgIpc) is 2.18. The summed E-state index contributed by atoms with van der Waals surface area (Å²) in [5.41, 5.74) is -0.913. The zero-order valence-corrected chi connectivity index (χ0v) is 9.00. The van der Waals surface area contributed by atoms with Gasteiger partial charge in [-0.3, -0.25) is 4.79 Å². The number of thiol groups is 1. The Morgan fingerprint density at radius 1 is 1.33 bits per heavy atom. The monoisotopic (exact) mass is 238 g/mol. The van der Waals surface area contributed by atoms with Crippen LogP contribution in [0.3, 0.4) is 0 Å². The highest BCUT2D eigenvalue weighted by molar-refractivity contribution is 7.80. The maximum absolute atomic E-state index is 10.5. The lowest BCUT2D eigenvalue weighted by Crippen LogP contribution is -2.57. The molecule has 7 heteroatoms. The van der Waals surface area contributed by atoms with E-state index in [2.05, 4.69) is 17.4 Å². The molecule has 3 N–H and O–H groups in total. The van der Waals surface area contributed by atoms with Gasteiger partial charge in [0, 0.05) is 6.92 Å². The number of carbonyl (C=O) groups excluding carboxylic acids is 1. The predicted molar refractivity (Wildman–Crippen MR) is 52.3 cm³/mol. The standard InChI is InChI=1S/C8H14O6S/c1-3(9)13-2-4-5(10)6(11)7(12)8(15)14-4/h4-8,10-12,15H,2H2,1H3/t4?,5-,6?,7?,8+/m1/s1. The second kappa shape index (κ2) is 5.13. The van der Waals surface area contributed by atoms with Crippen LogP contribution in [0.4, 0.5) is 0 Å². The van der Waals surface area contributed by atoms with Gasteiger partial charge in [0.15, 0.2) is 0 Å². The molecule has 0 aromatic heterocycles. The third kappa shape index (κ3) is 3.05. The van der Waals surface area contributed by atoms with Crippen molar-refractivity contribution in [3.8, 4) is 0 Å². The van der Waals surface area contributed by atoms with E-state index >= 15 is 0 Å². The largest absolute Gasteiger partial charge is 0.463 e. The lowest BCUT2D eigenvalue weighted by molar-refractivity contribution is -0.209. The van der Waals surface area contributed by atoms with Crippen molar-refractivity contribution in [2.75, 3.05) is 6.61 Å². The summed E-state index contributed by atoms with van der Waals surface area (Å²) >= 11 is 3.88. The minimum absolute atomic E-state index is 0.183. The topological polar surface area (TPSA) is 96.2 Å². The van der Waals surface area contributed by atoms with Gasteiger partial charge < -0.3 is 24.8 Å². The molecule has 3 unspecified atom stereocenters. The first kappa shape index (κ1) is 12.7. The second-order valence-corrected chi connectivity index (χ2v) is 3.85. The van der Waals surface area contributed by atoms with Gasteiger partial charge in [-0.2, -0.15) is 0 Å². The molecule has 1 fully saturated rings. The Morgan fingerprint density at radius 3 is 2.47 bits per heavy atom. The van der Waals surface area contributed by atoms with Crippen LogP contribution in [0, 0.1) is 0 Å². The SMILES string of the molecule is CC(=O)OCC1O[C@@H](S)C(O)C(O)[C@@H]1O. The van der Waals surface area contributed by atoms with Gasteiger partial charge in [0.1, 0.15) is 36.5 Å². The Balaban J connectivity index is 2.54. The van der Waals surface area contributed by atoms with Crippen LogP contribution in [-0.2, 0) is 14.3 Å². The Bertz CT molecular complexity index is 235. The van der Waals surface area contributed by atoms with Crippen molar-refractivity contribution in [1.82, 2.24) is 0 Å². The molecule has 1 saturated heterocycles. The molecular formula is C8H14O6S. The van der Waals surface area contributed by atoms with Gasteiger partial charge in [-0.15, -0.1) is 12.6 Å². The number of esters is 1. The highest BCUT2D eigenvalue weighted by atomic mass is 32.1. The molecule has 6 nitrogen and oxygen atoms in total. The lowest BCUT2D eigenvalue weighted by atomic mass is 10.0. The minimum atomic E-state index is -1.36. The van der Waals surface area contributed by atoms with E-state index in [0.29, 0.717) is 0 Å². The summed E-state index contributed by atoms with van der Waals surface area (Å²) in [5.74, 6) is -0.512. The molecule has 0 amide bonds. The van der Waals surface area contributed by atoms with E-state index in [-0.39, 0.29) is 6.61 Å². The second-order valence-electron chi connectivity index (χ2n) is 3.34. The number of ether oxygens (including phenoxy) is 2. The Labute approximate surface area is 92.2 Å². The summed E-state index contributed by atoms with van der Waals surface area (Å²) in [7, 11) is 0. The minimum Gasteiger partial charge on any atom is -0.463 e. The molecule has 88 valence electrons. The zero-order chi connectivity index (χ0) is 11.6. The molecule has 0 aromatic rings. The predicted octanol–water partition coefficient (Wildman–Crippen LogP) is -1.71. The van der Waals surface area contributed by atoms with Gasteiger partial charge in [0.2, 0.25) is 0 Å². The number of aliphatic hydroxyl groups excluding tert-OH is 3. The van der Waals surface area contributed by atoms with Crippen LogP contribution < -0.4 is 0 Å². The first-order chi connectivity index (χ1) is 6.93. The summed E-state index contributed by atoms with van der Waals surface area (Å²) in [5, 5.41) is 28.2.